The van der Waals surface area contributed by atoms with Crippen LogP contribution in [0.5, 0.6) is 0 Å². The van der Waals surface area contributed by atoms with Crippen LogP contribution in [0, 0.1) is 19.7 Å². The molecule has 2 aromatic heterocycles. The van der Waals surface area contributed by atoms with E-state index >= 15 is 0 Å². The SMILES string of the molecule is Cc1nc(CN[C@H](C)c2cnn(-c3ccc(F)cc3)c2C)cs1. The van der Waals surface area contributed by atoms with Crippen molar-refractivity contribution in [1.29, 1.82) is 0 Å². The molecular formula is C17H19FN4S. The molecule has 0 radical (unpaired) electrons. The zero-order chi connectivity index (χ0) is 16.4. The number of halogens is 1. The quantitative estimate of drug-likeness (QED) is 0.770. The molecule has 0 aliphatic rings. The topological polar surface area (TPSA) is 42.7 Å². The molecule has 0 aliphatic heterocycles. The first-order valence-corrected chi connectivity index (χ1v) is 8.37. The Balaban J connectivity index is 1.74. The van der Waals surface area contributed by atoms with Crippen molar-refractivity contribution >= 4 is 11.3 Å². The van der Waals surface area contributed by atoms with Gasteiger partial charge in [-0.2, -0.15) is 5.10 Å². The lowest BCUT2D eigenvalue weighted by molar-refractivity contribution is 0.566. The van der Waals surface area contributed by atoms with Gasteiger partial charge in [0.1, 0.15) is 5.82 Å². The minimum atomic E-state index is -0.243. The van der Waals surface area contributed by atoms with Gasteiger partial charge in [0.15, 0.2) is 0 Å². The van der Waals surface area contributed by atoms with E-state index < -0.39 is 0 Å². The zero-order valence-corrected chi connectivity index (χ0v) is 14.2. The maximum Gasteiger partial charge on any atom is 0.123 e. The number of aryl methyl sites for hydroxylation is 1. The third-order valence-electron chi connectivity index (χ3n) is 3.84. The lowest BCUT2D eigenvalue weighted by Gasteiger charge is -2.13. The highest BCUT2D eigenvalue weighted by molar-refractivity contribution is 7.09. The van der Waals surface area contributed by atoms with Crippen LogP contribution in [0.15, 0.2) is 35.8 Å². The first-order chi connectivity index (χ1) is 11.0. The first-order valence-electron chi connectivity index (χ1n) is 7.49. The van der Waals surface area contributed by atoms with Crippen molar-refractivity contribution in [3.05, 3.63) is 63.6 Å². The predicted molar refractivity (Wildman–Crippen MR) is 90.4 cm³/mol. The summed E-state index contributed by atoms with van der Waals surface area (Å²) < 4.78 is 14.9. The maximum atomic E-state index is 13.1. The predicted octanol–water partition coefficient (Wildman–Crippen LogP) is 3.94. The molecule has 1 N–H and O–H groups in total. The molecule has 0 spiro atoms. The van der Waals surface area contributed by atoms with Gasteiger partial charge in [0.05, 0.1) is 22.6 Å². The minimum Gasteiger partial charge on any atom is -0.304 e. The van der Waals surface area contributed by atoms with E-state index in [4.69, 9.17) is 0 Å². The van der Waals surface area contributed by atoms with Gasteiger partial charge in [-0.25, -0.2) is 14.1 Å². The van der Waals surface area contributed by atoms with Crippen molar-refractivity contribution in [3.8, 4) is 5.69 Å². The summed E-state index contributed by atoms with van der Waals surface area (Å²) in [5, 5.41) is 11.1. The third kappa shape index (κ3) is 3.48. The molecule has 3 aromatic rings. The van der Waals surface area contributed by atoms with Gasteiger partial charge in [-0.1, -0.05) is 0 Å². The van der Waals surface area contributed by atoms with Gasteiger partial charge in [-0.3, -0.25) is 0 Å². The molecule has 120 valence electrons. The van der Waals surface area contributed by atoms with Crippen LogP contribution >= 0.6 is 11.3 Å². The Labute approximate surface area is 139 Å². The van der Waals surface area contributed by atoms with Crippen LogP contribution in [0.4, 0.5) is 4.39 Å². The van der Waals surface area contributed by atoms with E-state index in [9.17, 15) is 4.39 Å². The van der Waals surface area contributed by atoms with Gasteiger partial charge in [-0.15, -0.1) is 11.3 Å². The molecule has 0 fully saturated rings. The fraction of sp³-hybridized carbons (Fsp3) is 0.294. The van der Waals surface area contributed by atoms with Crippen LogP contribution in [-0.2, 0) is 6.54 Å². The lowest BCUT2D eigenvalue weighted by atomic mass is 10.1. The van der Waals surface area contributed by atoms with Crippen LogP contribution in [0.25, 0.3) is 5.69 Å². The minimum absolute atomic E-state index is 0.159. The van der Waals surface area contributed by atoms with Crippen molar-refractivity contribution < 1.29 is 4.39 Å². The summed E-state index contributed by atoms with van der Waals surface area (Å²) in [5.74, 6) is -0.243. The highest BCUT2D eigenvalue weighted by atomic mass is 32.1. The van der Waals surface area contributed by atoms with Gasteiger partial charge in [0.2, 0.25) is 0 Å². The van der Waals surface area contributed by atoms with Crippen LogP contribution in [0.1, 0.15) is 34.9 Å². The number of nitrogens with zero attached hydrogens (tertiary/aromatic N) is 3. The smallest absolute Gasteiger partial charge is 0.123 e. The molecular weight excluding hydrogens is 311 g/mol. The fourth-order valence-electron chi connectivity index (χ4n) is 2.55. The van der Waals surface area contributed by atoms with E-state index in [1.54, 1.807) is 23.5 Å². The molecule has 6 heteroatoms. The summed E-state index contributed by atoms with van der Waals surface area (Å²) in [7, 11) is 0. The number of nitrogens with one attached hydrogen (secondary N) is 1. The van der Waals surface area contributed by atoms with Crippen molar-refractivity contribution in [2.45, 2.75) is 33.4 Å². The van der Waals surface area contributed by atoms with Gasteiger partial charge in [0.25, 0.3) is 0 Å². The average molecular weight is 330 g/mol. The Kier molecular flexibility index (Phi) is 4.54. The summed E-state index contributed by atoms with van der Waals surface area (Å²) >= 11 is 1.66. The molecule has 0 aliphatic carbocycles. The molecule has 1 atom stereocenters. The Bertz CT molecular complexity index is 791. The fourth-order valence-corrected chi connectivity index (χ4v) is 3.16. The van der Waals surface area contributed by atoms with Crippen molar-refractivity contribution in [2.75, 3.05) is 0 Å². The maximum absolute atomic E-state index is 13.1. The second-order valence-corrected chi connectivity index (χ2v) is 6.60. The molecule has 23 heavy (non-hydrogen) atoms. The van der Waals surface area contributed by atoms with Crippen molar-refractivity contribution in [2.24, 2.45) is 0 Å². The molecule has 2 heterocycles. The Morgan fingerprint density at radius 2 is 2.00 bits per heavy atom. The van der Waals surface area contributed by atoms with Gasteiger partial charge in [0, 0.05) is 29.2 Å². The number of rotatable bonds is 5. The molecule has 0 saturated heterocycles. The van der Waals surface area contributed by atoms with Crippen LogP contribution < -0.4 is 5.32 Å². The number of hydrogen-bond donors (Lipinski definition) is 1. The third-order valence-corrected chi connectivity index (χ3v) is 4.66. The second kappa shape index (κ2) is 6.60. The lowest BCUT2D eigenvalue weighted by Crippen LogP contribution is -2.18. The number of hydrogen-bond acceptors (Lipinski definition) is 4. The molecule has 0 unspecified atom stereocenters. The Hall–Kier alpha value is -2.05. The molecule has 1 aromatic carbocycles. The number of thiazole rings is 1. The summed E-state index contributed by atoms with van der Waals surface area (Å²) in [6.45, 7) is 6.87. The molecule has 0 amide bonds. The summed E-state index contributed by atoms with van der Waals surface area (Å²) in [4.78, 5) is 4.46. The van der Waals surface area contributed by atoms with Crippen LogP contribution in [-0.4, -0.2) is 14.8 Å². The Morgan fingerprint density at radius 1 is 1.26 bits per heavy atom. The van der Waals surface area contributed by atoms with Crippen molar-refractivity contribution in [3.63, 3.8) is 0 Å². The van der Waals surface area contributed by atoms with E-state index in [1.165, 1.54) is 12.1 Å². The standard InChI is InChI=1S/C17H19FN4S/c1-11(19-8-15-10-23-13(3)21-15)17-9-20-22(12(17)2)16-6-4-14(18)5-7-16/h4-7,9-11,19H,8H2,1-3H3/t11-/m1/s1. The summed E-state index contributed by atoms with van der Waals surface area (Å²) in [6.07, 6.45) is 1.86. The zero-order valence-electron chi connectivity index (χ0n) is 13.4. The van der Waals surface area contributed by atoms with Crippen LogP contribution in [0.2, 0.25) is 0 Å². The molecule has 0 bridgehead atoms. The molecule has 4 nitrogen and oxygen atoms in total. The normalized spacial score (nSPS) is 12.5. The number of aromatic nitrogens is 3. The monoisotopic (exact) mass is 330 g/mol. The second-order valence-electron chi connectivity index (χ2n) is 5.53. The Morgan fingerprint density at radius 3 is 2.65 bits per heavy atom. The highest BCUT2D eigenvalue weighted by Crippen LogP contribution is 2.21. The summed E-state index contributed by atoms with van der Waals surface area (Å²) in [6, 6.07) is 6.51. The van der Waals surface area contributed by atoms with E-state index in [1.807, 2.05) is 24.7 Å². The van der Waals surface area contributed by atoms with E-state index in [-0.39, 0.29) is 11.9 Å². The largest absolute Gasteiger partial charge is 0.304 e. The van der Waals surface area contributed by atoms with E-state index in [2.05, 4.69) is 27.7 Å². The molecule has 0 saturated carbocycles. The van der Waals surface area contributed by atoms with Crippen molar-refractivity contribution in [1.82, 2.24) is 20.1 Å². The van der Waals surface area contributed by atoms with Crippen LogP contribution in [0.3, 0.4) is 0 Å². The number of benzene rings is 1. The molecule has 3 rings (SSSR count). The van der Waals surface area contributed by atoms with Gasteiger partial charge in [-0.05, 0) is 45.0 Å². The van der Waals surface area contributed by atoms with Gasteiger partial charge < -0.3 is 5.32 Å². The highest BCUT2D eigenvalue weighted by Gasteiger charge is 2.14. The average Bonchev–Trinajstić information content (AvgIpc) is 3.12. The van der Waals surface area contributed by atoms with E-state index in [0.29, 0.717) is 0 Å². The summed E-state index contributed by atoms with van der Waals surface area (Å²) in [5.41, 5.74) is 4.09. The van der Waals surface area contributed by atoms with Gasteiger partial charge >= 0.3 is 0 Å². The first kappa shape index (κ1) is 15.8. The van der Waals surface area contributed by atoms with E-state index in [0.717, 1.165) is 34.2 Å².